The molecule has 1 aliphatic heterocycles. The van der Waals surface area contributed by atoms with E-state index in [0.29, 0.717) is 4.57 Å². The molecule has 1 aromatic heterocycles. The van der Waals surface area contributed by atoms with Gasteiger partial charge in [0.2, 0.25) is 6.23 Å². The molecule has 1 fully saturated rings. The lowest BCUT2D eigenvalue weighted by Crippen LogP contribution is -2.42. The molecule has 136 valence electrons. The van der Waals surface area contributed by atoms with Crippen molar-refractivity contribution < 1.29 is 32.2 Å². The predicted molar refractivity (Wildman–Crippen MR) is 80.4 cm³/mol. The molecule has 2 rings (SSSR count). The first-order valence-electron chi connectivity index (χ1n) is 6.48. The smallest absolute Gasteiger partial charge is 0.332 e. The highest BCUT2D eigenvalue weighted by Crippen LogP contribution is 2.52. The molecule has 0 spiro atoms. The van der Waals surface area contributed by atoms with Crippen molar-refractivity contribution in [3.05, 3.63) is 31.5 Å². The van der Waals surface area contributed by atoms with Crippen LogP contribution in [0.3, 0.4) is 0 Å². The summed E-state index contributed by atoms with van der Waals surface area (Å²) in [4.78, 5) is 24.9. The third-order valence-electron chi connectivity index (χ3n) is 3.52. The van der Waals surface area contributed by atoms with Crippen LogP contribution in [0.1, 0.15) is 6.23 Å². The second-order valence-corrected chi connectivity index (χ2v) is 8.12. The molecule has 1 saturated heterocycles. The van der Waals surface area contributed by atoms with Crippen LogP contribution in [0.2, 0.25) is 0 Å². The summed E-state index contributed by atoms with van der Waals surface area (Å²) in [5.41, 5.74) is -1.96. The lowest BCUT2D eigenvalue weighted by molar-refractivity contribution is -0.140. The van der Waals surface area contributed by atoms with Gasteiger partial charge in [-0.3, -0.25) is 18.9 Å². The lowest BCUT2D eigenvalue weighted by Gasteiger charge is -2.21. The Bertz CT molecular complexity index is 774. The van der Waals surface area contributed by atoms with Crippen LogP contribution in [-0.4, -0.2) is 53.2 Å². The molecule has 2 N–H and O–H groups in total. The Balaban J connectivity index is 2.40. The van der Waals surface area contributed by atoms with Crippen molar-refractivity contribution in [1.29, 1.82) is 0 Å². The maximum Gasteiger partial charge on any atom is 0.332 e. The Morgan fingerprint density at radius 1 is 1.46 bits per heavy atom. The van der Waals surface area contributed by atoms with Crippen molar-refractivity contribution in [1.82, 2.24) is 9.55 Å². The zero-order chi connectivity index (χ0) is 18.3. The molecule has 0 unspecified atom stereocenters. The quantitative estimate of drug-likeness (QED) is 0.653. The Morgan fingerprint density at radius 2 is 2.04 bits per heavy atom. The number of nitrogens with one attached hydrogen (secondary N) is 1. The second-order valence-electron chi connectivity index (χ2n) is 4.95. The molecule has 0 bridgehead atoms. The van der Waals surface area contributed by atoms with Gasteiger partial charge in [0, 0.05) is 20.4 Å². The Kier molecular flexibility index (Phi) is 5.48. The fourth-order valence-electron chi connectivity index (χ4n) is 2.20. The summed E-state index contributed by atoms with van der Waals surface area (Å²) < 4.78 is 55.3. The van der Waals surface area contributed by atoms with Gasteiger partial charge in [0.15, 0.2) is 0 Å². The van der Waals surface area contributed by atoms with Gasteiger partial charge in [-0.1, -0.05) is 0 Å². The van der Waals surface area contributed by atoms with Crippen molar-refractivity contribution in [2.45, 2.75) is 24.4 Å². The number of H-pyrrole nitrogens is 1. The Morgan fingerprint density at radius 3 is 2.58 bits per heavy atom. The number of nitrogens with zero attached hydrogens (tertiary/aromatic N) is 1. The molecule has 0 saturated carbocycles. The standard InChI is InChI=1S/C11H14BrF2N2O7P/c1-21-24(20,22-2)4-6-7(17)11(13,14)9(23-6)16-3-5(12)8(18)15-10(16)19/h3,6-7,9,17H,4H2,1-2H3,(H,15,18,19)/t6-,7-,9-/m1/s1. The molecule has 24 heavy (non-hydrogen) atoms. The van der Waals surface area contributed by atoms with E-state index in [0.717, 1.165) is 20.4 Å². The van der Waals surface area contributed by atoms with E-state index in [2.05, 4.69) is 25.0 Å². The van der Waals surface area contributed by atoms with Gasteiger partial charge in [0.05, 0.1) is 10.6 Å². The molecule has 0 radical (unpaired) electrons. The van der Waals surface area contributed by atoms with E-state index in [1.807, 2.05) is 4.98 Å². The molecule has 0 amide bonds. The maximum absolute atomic E-state index is 14.3. The minimum atomic E-state index is -3.89. The predicted octanol–water partition coefficient (Wildman–Crippen LogP) is 0.679. The van der Waals surface area contributed by atoms with Gasteiger partial charge in [-0.2, -0.15) is 8.78 Å². The number of alkyl halides is 2. The van der Waals surface area contributed by atoms with E-state index in [1.165, 1.54) is 0 Å². The van der Waals surface area contributed by atoms with E-state index in [-0.39, 0.29) is 4.47 Å². The van der Waals surface area contributed by atoms with Crippen molar-refractivity contribution in [2.75, 3.05) is 20.4 Å². The molecule has 3 atom stereocenters. The molecule has 2 heterocycles. The highest BCUT2D eigenvalue weighted by molar-refractivity contribution is 9.10. The summed E-state index contributed by atoms with van der Waals surface area (Å²) in [6.07, 6.45) is -6.01. The minimum Gasteiger partial charge on any atom is -0.384 e. The van der Waals surface area contributed by atoms with E-state index >= 15 is 0 Å². The van der Waals surface area contributed by atoms with Crippen LogP contribution < -0.4 is 11.2 Å². The molecular formula is C11H14BrF2N2O7P. The van der Waals surface area contributed by atoms with Gasteiger partial charge in [-0.15, -0.1) is 0 Å². The topological polar surface area (TPSA) is 120 Å². The van der Waals surface area contributed by atoms with Crippen LogP contribution in [0.15, 0.2) is 20.3 Å². The van der Waals surface area contributed by atoms with E-state index < -0.39 is 49.4 Å². The number of aliphatic hydroxyl groups is 1. The van der Waals surface area contributed by atoms with Gasteiger partial charge in [0.25, 0.3) is 5.56 Å². The summed E-state index contributed by atoms with van der Waals surface area (Å²) >= 11 is 2.82. The second kappa shape index (κ2) is 6.77. The number of aromatic amines is 1. The number of hydrogen-bond acceptors (Lipinski definition) is 7. The van der Waals surface area contributed by atoms with E-state index in [4.69, 9.17) is 4.74 Å². The van der Waals surface area contributed by atoms with Gasteiger partial charge in [-0.05, 0) is 15.9 Å². The highest BCUT2D eigenvalue weighted by Gasteiger charge is 2.60. The van der Waals surface area contributed by atoms with Crippen LogP contribution in [0.4, 0.5) is 8.78 Å². The number of ether oxygens (including phenoxy) is 1. The summed E-state index contributed by atoms with van der Waals surface area (Å²) in [5, 5.41) is 9.81. The van der Waals surface area contributed by atoms with Crippen LogP contribution >= 0.6 is 23.5 Å². The van der Waals surface area contributed by atoms with Crippen LogP contribution in [0.5, 0.6) is 0 Å². The molecule has 13 heteroatoms. The zero-order valence-electron chi connectivity index (χ0n) is 12.4. The molecule has 0 aliphatic carbocycles. The number of rotatable bonds is 5. The summed E-state index contributed by atoms with van der Waals surface area (Å²) in [5.74, 6) is -3.89. The minimum absolute atomic E-state index is 0.182. The number of aromatic nitrogens is 2. The van der Waals surface area contributed by atoms with Gasteiger partial charge in [0.1, 0.15) is 12.2 Å². The first-order chi connectivity index (χ1) is 11.1. The molecule has 0 aromatic carbocycles. The third kappa shape index (κ3) is 3.39. The summed E-state index contributed by atoms with van der Waals surface area (Å²) in [6, 6.07) is 0. The molecular weight excluding hydrogens is 421 g/mol. The average molecular weight is 435 g/mol. The highest BCUT2D eigenvalue weighted by atomic mass is 79.9. The normalized spacial score (nSPS) is 26.7. The number of aliphatic hydroxyl groups excluding tert-OH is 1. The van der Waals surface area contributed by atoms with E-state index in [1.54, 1.807) is 0 Å². The van der Waals surface area contributed by atoms with E-state index in [9.17, 15) is 28.0 Å². The monoisotopic (exact) mass is 434 g/mol. The van der Waals surface area contributed by atoms with Crippen LogP contribution in [0.25, 0.3) is 0 Å². The third-order valence-corrected chi connectivity index (χ3v) is 6.00. The number of hydrogen-bond donors (Lipinski definition) is 2. The Labute approximate surface area is 142 Å². The van der Waals surface area contributed by atoms with Crippen molar-refractivity contribution in [3.63, 3.8) is 0 Å². The Hall–Kier alpha value is -0.910. The molecule has 1 aliphatic rings. The van der Waals surface area contributed by atoms with Crippen molar-refractivity contribution >= 4 is 23.5 Å². The van der Waals surface area contributed by atoms with Crippen molar-refractivity contribution in [2.24, 2.45) is 0 Å². The van der Waals surface area contributed by atoms with Gasteiger partial charge >= 0.3 is 19.2 Å². The summed E-state index contributed by atoms with van der Waals surface area (Å²) in [7, 11) is -1.62. The first-order valence-corrected chi connectivity index (χ1v) is 9.00. The fourth-order valence-corrected chi connectivity index (χ4v) is 3.69. The first kappa shape index (κ1) is 19.4. The van der Waals surface area contributed by atoms with Crippen LogP contribution in [-0.2, 0) is 18.3 Å². The van der Waals surface area contributed by atoms with Gasteiger partial charge in [-0.25, -0.2) is 4.79 Å². The summed E-state index contributed by atoms with van der Waals surface area (Å²) in [6.45, 7) is 0. The SMILES string of the molecule is COP(=O)(C[C@H]1O[C@@H](n2cc(Br)c(=O)[nH]c2=O)C(F)(F)[C@@H]1O)OC. The molecule has 1 aromatic rings. The van der Waals surface area contributed by atoms with Crippen molar-refractivity contribution in [3.8, 4) is 0 Å². The fraction of sp³-hybridized carbons (Fsp3) is 0.636. The maximum atomic E-state index is 14.3. The lowest BCUT2D eigenvalue weighted by atomic mass is 10.1. The van der Waals surface area contributed by atoms with Crippen LogP contribution in [0, 0.1) is 0 Å². The average Bonchev–Trinajstić information content (AvgIpc) is 2.74. The largest absolute Gasteiger partial charge is 0.384 e. The van der Waals surface area contributed by atoms with Gasteiger partial charge < -0.3 is 18.9 Å². The zero-order valence-corrected chi connectivity index (χ0v) is 14.9. The number of halogens is 3. The molecule has 9 nitrogen and oxygen atoms in total.